The van der Waals surface area contributed by atoms with Crippen LogP contribution in [-0.4, -0.2) is 62.2 Å². The summed E-state index contributed by atoms with van der Waals surface area (Å²) < 4.78 is 0. The third-order valence-corrected chi connectivity index (χ3v) is 6.10. The van der Waals surface area contributed by atoms with Crippen LogP contribution in [0.2, 0.25) is 0 Å². The second-order valence-corrected chi connectivity index (χ2v) is 7.74. The number of carbonyl (C=O) groups is 2. The van der Waals surface area contributed by atoms with E-state index in [-0.39, 0.29) is 18.4 Å². The van der Waals surface area contributed by atoms with Gasteiger partial charge in [0.25, 0.3) is 6.47 Å². The fourth-order valence-electron chi connectivity index (χ4n) is 4.86. The fourth-order valence-corrected chi connectivity index (χ4v) is 4.86. The summed E-state index contributed by atoms with van der Waals surface area (Å²) in [6, 6.07) is 8.55. The number of nitrogens with zero attached hydrogens (tertiary/aromatic N) is 5. The van der Waals surface area contributed by atoms with E-state index in [0.717, 1.165) is 36.5 Å². The molecule has 3 atom stereocenters. The van der Waals surface area contributed by atoms with Crippen molar-refractivity contribution in [1.82, 2.24) is 25.1 Å². The first-order valence-corrected chi connectivity index (χ1v) is 9.84. The molecule has 0 aliphatic carbocycles. The van der Waals surface area contributed by atoms with Crippen LogP contribution in [0, 0.1) is 18.8 Å². The molecule has 0 unspecified atom stereocenters. The summed E-state index contributed by atoms with van der Waals surface area (Å²) >= 11 is 0. The van der Waals surface area contributed by atoms with Gasteiger partial charge in [0.15, 0.2) is 5.65 Å². The van der Waals surface area contributed by atoms with E-state index in [1.54, 1.807) is 19.4 Å². The van der Waals surface area contributed by atoms with Gasteiger partial charge in [0.2, 0.25) is 5.91 Å². The van der Waals surface area contributed by atoms with Crippen LogP contribution < -0.4 is 4.90 Å². The Balaban J connectivity index is 0.000000687. The molecule has 9 nitrogen and oxygen atoms in total. The number of hydrogen-bond acceptors (Lipinski definition) is 6. The first-order valence-electron chi connectivity index (χ1n) is 9.84. The molecule has 2 aromatic heterocycles. The number of amides is 1. The zero-order chi connectivity index (χ0) is 21.3. The maximum absolute atomic E-state index is 12.3. The molecule has 1 aromatic carbocycles. The monoisotopic (exact) mass is 408 g/mol. The molecule has 0 radical (unpaired) electrons. The van der Waals surface area contributed by atoms with Gasteiger partial charge < -0.3 is 14.9 Å². The molecule has 9 heteroatoms. The van der Waals surface area contributed by atoms with Crippen molar-refractivity contribution in [1.29, 1.82) is 0 Å². The molecule has 2 fully saturated rings. The van der Waals surface area contributed by atoms with Crippen molar-refractivity contribution >= 4 is 29.2 Å². The first-order chi connectivity index (χ1) is 14.5. The third kappa shape index (κ3) is 3.36. The Morgan fingerprint density at radius 1 is 1.23 bits per heavy atom. The van der Waals surface area contributed by atoms with Crippen LogP contribution in [0.1, 0.15) is 24.1 Å². The molecule has 2 N–H and O–H groups in total. The smallest absolute Gasteiger partial charge is 0.290 e. The molecule has 2 aliphatic heterocycles. The molecule has 2 saturated heterocycles. The second-order valence-electron chi connectivity index (χ2n) is 7.74. The number of H-pyrrole nitrogens is 1. The van der Waals surface area contributed by atoms with Crippen molar-refractivity contribution in [2.45, 2.75) is 19.9 Å². The Bertz CT molecular complexity index is 1070. The molecule has 1 amide bonds. The van der Waals surface area contributed by atoms with Crippen molar-refractivity contribution in [3.05, 3.63) is 47.9 Å². The lowest BCUT2D eigenvalue weighted by Crippen LogP contribution is -2.34. The highest BCUT2D eigenvalue weighted by molar-refractivity contribution is 5.86. The van der Waals surface area contributed by atoms with Crippen LogP contribution in [0.4, 0.5) is 5.82 Å². The van der Waals surface area contributed by atoms with Gasteiger partial charge in [-0.1, -0.05) is 24.3 Å². The highest BCUT2D eigenvalue weighted by atomic mass is 16.3. The van der Waals surface area contributed by atoms with Crippen LogP contribution in [0.3, 0.4) is 0 Å². The Morgan fingerprint density at radius 3 is 2.73 bits per heavy atom. The average molecular weight is 408 g/mol. The number of hydrogen-bond donors (Lipinski definition) is 2. The lowest BCUT2D eigenvalue weighted by atomic mass is 9.87. The first kappa shape index (κ1) is 19.8. The SMILES string of the molecule is CC(=O)N1C[C@H]2CN(c3ncnc4[nH]ncc34)C[C@H]2[C@@H]1c1ccccc1C.O=CO. The zero-order valence-corrected chi connectivity index (χ0v) is 16.9. The molecule has 3 aromatic rings. The van der Waals surface area contributed by atoms with E-state index in [0.29, 0.717) is 11.8 Å². The van der Waals surface area contributed by atoms with Crippen molar-refractivity contribution in [2.75, 3.05) is 24.5 Å². The fraction of sp³-hybridized carbons (Fsp3) is 0.381. The predicted octanol–water partition coefficient (Wildman–Crippen LogP) is 2.02. The van der Waals surface area contributed by atoms with Gasteiger partial charge in [-0.2, -0.15) is 5.10 Å². The zero-order valence-electron chi connectivity index (χ0n) is 16.9. The highest BCUT2D eigenvalue weighted by Crippen LogP contribution is 2.46. The molecule has 4 heterocycles. The standard InChI is InChI=1S/C20H22N6O.CH2O2/c1-12-5-3-4-6-15(12)18-17-10-25(8-14(17)9-26(18)13(2)27)20-16-7-23-24-19(16)21-11-22-20;2-1-3/h3-7,11,14,17-18H,8-10H2,1-2H3,(H,21,22,23,24);1H,(H,2,3)/t14-,17-,18+;/m1./s1. The summed E-state index contributed by atoms with van der Waals surface area (Å²) in [7, 11) is 0. The summed E-state index contributed by atoms with van der Waals surface area (Å²) in [5.41, 5.74) is 3.27. The van der Waals surface area contributed by atoms with Crippen LogP contribution >= 0.6 is 0 Å². The number of benzene rings is 1. The van der Waals surface area contributed by atoms with E-state index >= 15 is 0 Å². The van der Waals surface area contributed by atoms with Gasteiger partial charge >= 0.3 is 0 Å². The molecule has 5 rings (SSSR count). The van der Waals surface area contributed by atoms with Gasteiger partial charge in [0, 0.05) is 38.4 Å². The summed E-state index contributed by atoms with van der Waals surface area (Å²) in [5.74, 6) is 1.92. The van der Waals surface area contributed by atoms with E-state index in [2.05, 4.69) is 61.2 Å². The summed E-state index contributed by atoms with van der Waals surface area (Å²) in [6.07, 6.45) is 3.38. The molecule has 0 saturated carbocycles. The molecular weight excluding hydrogens is 384 g/mol. The Morgan fingerprint density at radius 2 is 2.00 bits per heavy atom. The van der Waals surface area contributed by atoms with Crippen LogP contribution in [0.15, 0.2) is 36.8 Å². The summed E-state index contributed by atoms with van der Waals surface area (Å²) in [5, 5.41) is 14.9. The number of nitrogens with one attached hydrogen (secondary N) is 1. The van der Waals surface area contributed by atoms with Gasteiger partial charge in [-0.05, 0) is 18.1 Å². The normalized spacial score (nSPS) is 22.5. The lowest BCUT2D eigenvalue weighted by molar-refractivity contribution is -0.130. The number of rotatable bonds is 2. The number of fused-ring (bicyclic) bond motifs is 2. The highest BCUT2D eigenvalue weighted by Gasteiger charge is 2.49. The Labute approximate surface area is 173 Å². The number of carbonyl (C=O) groups excluding carboxylic acids is 1. The number of aromatic nitrogens is 4. The molecule has 2 aliphatic rings. The second kappa shape index (κ2) is 8.10. The van der Waals surface area contributed by atoms with Gasteiger partial charge in [-0.3, -0.25) is 14.7 Å². The topological polar surface area (TPSA) is 115 Å². The number of aromatic amines is 1. The minimum Gasteiger partial charge on any atom is -0.483 e. The largest absolute Gasteiger partial charge is 0.483 e. The number of likely N-dealkylation sites (tertiary alicyclic amines) is 1. The quantitative estimate of drug-likeness (QED) is 0.623. The maximum Gasteiger partial charge on any atom is 0.290 e. The molecule has 30 heavy (non-hydrogen) atoms. The predicted molar refractivity (Wildman–Crippen MR) is 111 cm³/mol. The summed E-state index contributed by atoms with van der Waals surface area (Å²) in [6.45, 7) is 6.14. The van der Waals surface area contributed by atoms with Crippen molar-refractivity contribution in [3.8, 4) is 0 Å². The van der Waals surface area contributed by atoms with Crippen LogP contribution in [-0.2, 0) is 9.59 Å². The van der Waals surface area contributed by atoms with E-state index in [9.17, 15) is 4.79 Å². The van der Waals surface area contributed by atoms with Crippen LogP contribution in [0.25, 0.3) is 11.0 Å². The van der Waals surface area contributed by atoms with Crippen LogP contribution in [0.5, 0.6) is 0 Å². The minimum absolute atomic E-state index is 0.125. The Hall–Kier alpha value is -3.49. The van der Waals surface area contributed by atoms with E-state index in [1.807, 2.05) is 0 Å². The van der Waals surface area contributed by atoms with Gasteiger partial charge in [0.05, 0.1) is 17.6 Å². The van der Waals surface area contributed by atoms with E-state index < -0.39 is 0 Å². The van der Waals surface area contributed by atoms with Crippen molar-refractivity contribution in [2.24, 2.45) is 11.8 Å². The number of anilines is 1. The van der Waals surface area contributed by atoms with E-state index in [4.69, 9.17) is 9.90 Å². The lowest BCUT2D eigenvalue weighted by Gasteiger charge is -2.30. The Kier molecular flexibility index (Phi) is 5.35. The van der Waals surface area contributed by atoms with Gasteiger partial charge in [-0.25, -0.2) is 9.97 Å². The van der Waals surface area contributed by atoms with Gasteiger partial charge in [0.1, 0.15) is 12.1 Å². The summed E-state index contributed by atoms with van der Waals surface area (Å²) in [4.78, 5) is 33.9. The maximum atomic E-state index is 12.3. The van der Waals surface area contributed by atoms with Crippen molar-refractivity contribution < 1.29 is 14.7 Å². The number of aryl methyl sites for hydroxylation is 1. The molecule has 0 bridgehead atoms. The molecule has 156 valence electrons. The average Bonchev–Trinajstić information content (AvgIpc) is 3.43. The third-order valence-electron chi connectivity index (χ3n) is 6.10. The molecule has 0 spiro atoms. The van der Waals surface area contributed by atoms with Gasteiger partial charge in [-0.15, -0.1) is 0 Å². The van der Waals surface area contributed by atoms with Crippen molar-refractivity contribution in [3.63, 3.8) is 0 Å². The number of carboxylic acid groups (broad SMARTS) is 1. The minimum atomic E-state index is -0.250. The van der Waals surface area contributed by atoms with E-state index in [1.165, 1.54) is 11.1 Å². The molecular formula is C21H24N6O3.